The van der Waals surface area contributed by atoms with Crippen molar-refractivity contribution in [1.82, 2.24) is 0 Å². The summed E-state index contributed by atoms with van der Waals surface area (Å²) in [5.74, 6) is 0.450. The third kappa shape index (κ3) is 1.99. The fraction of sp³-hybridized carbons (Fsp3) is 1.00. The van der Waals surface area contributed by atoms with Gasteiger partial charge in [0.2, 0.25) is 0 Å². The second kappa shape index (κ2) is 4.24. The Morgan fingerprint density at radius 3 is 2.83 bits per heavy atom. The Bertz CT molecular complexity index is 132. The SMILES string of the molecule is CCC1CCCCC1(O)COC. The summed E-state index contributed by atoms with van der Waals surface area (Å²) in [7, 11) is 1.67. The quantitative estimate of drug-likeness (QED) is 0.705. The van der Waals surface area contributed by atoms with Crippen molar-refractivity contribution in [2.45, 2.75) is 44.6 Å². The van der Waals surface area contributed by atoms with Gasteiger partial charge in [0.25, 0.3) is 0 Å². The van der Waals surface area contributed by atoms with Crippen molar-refractivity contribution in [2.24, 2.45) is 5.92 Å². The van der Waals surface area contributed by atoms with Crippen LogP contribution in [-0.4, -0.2) is 24.4 Å². The molecule has 2 atom stereocenters. The maximum absolute atomic E-state index is 10.2. The second-order valence-corrected chi connectivity index (χ2v) is 3.89. The lowest BCUT2D eigenvalue weighted by Gasteiger charge is -2.39. The van der Waals surface area contributed by atoms with Gasteiger partial charge in [-0.3, -0.25) is 0 Å². The predicted molar refractivity (Wildman–Crippen MR) is 49.1 cm³/mol. The summed E-state index contributed by atoms with van der Waals surface area (Å²) < 4.78 is 5.07. The maximum Gasteiger partial charge on any atom is 0.0907 e. The van der Waals surface area contributed by atoms with Crippen molar-refractivity contribution in [1.29, 1.82) is 0 Å². The molecule has 0 heterocycles. The lowest BCUT2D eigenvalue weighted by atomic mass is 9.74. The first-order chi connectivity index (χ1) is 5.73. The van der Waals surface area contributed by atoms with Crippen LogP contribution >= 0.6 is 0 Å². The molecule has 0 aromatic carbocycles. The lowest BCUT2D eigenvalue weighted by Crippen LogP contribution is -2.44. The highest BCUT2D eigenvalue weighted by Crippen LogP contribution is 2.35. The van der Waals surface area contributed by atoms with Crippen molar-refractivity contribution in [3.05, 3.63) is 0 Å². The zero-order valence-corrected chi connectivity index (χ0v) is 8.18. The standard InChI is InChI=1S/C10H20O2/c1-3-9-6-4-5-7-10(9,11)8-12-2/h9,11H,3-8H2,1-2H3. The average molecular weight is 172 g/mol. The molecule has 0 aromatic heterocycles. The summed E-state index contributed by atoms with van der Waals surface area (Å²) >= 11 is 0. The molecule has 1 N–H and O–H groups in total. The van der Waals surface area contributed by atoms with E-state index in [9.17, 15) is 5.11 Å². The molecular formula is C10H20O2. The Morgan fingerprint density at radius 2 is 2.25 bits per heavy atom. The molecular weight excluding hydrogens is 152 g/mol. The summed E-state index contributed by atoms with van der Waals surface area (Å²) in [4.78, 5) is 0. The number of rotatable bonds is 3. The Balaban J connectivity index is 2.55. The summed E-state index contributed by atoms with van der Waals surface area (Å²) in [5.41, 5.74) is -0.526. The van der Waals surface area contributed by atoms with Crippen LogP contribution in [0.3, 0.4) is 0 Å². The van der Waals surface area contributed by atoms with Gasteiger partial charge in [-0.2, -0.15) is 0 Å². The van der Waals surface area contributed by atoms with Gasteiger partial charge in [0.1, 0.15) is 0 Å². The van der Waals surface area contributed by atoms with Crippen LogP contribution in [0.1, 0.15) is 39.0 Å². The largest absolute Gasteiger partial charge is 0.387 e. The number of hydrogen-bond acceptors (Lipinski definition) is 2. The monoisotopic (exact) mass is 172 g/mol. The number of ether oxygens (including phenoxy) is 1. The van der Waals surface area contributed by atoms with Gasteiger partial charge >= 0.3 is 0 Å². The van der Waals surface area contributed by atoms with Gasteiger partial charge in [-0.15, -0.1) is 0 Å². The van der Waals surface area contributed by atoms with E-state index in [0.29, 0.717) is 12.5 Å². The molecule has 0 saturated heterocycles. The highest BCUT2D eigenvalue weighted by atomic mass is 16.5. The molecule has 1 saturated carbocycles. The van der Waals surface area contributed by atoms with Crippen LogP contribution in [-0.2, 0) is 4.74 Å². The van der Waals surface area contributed by atoms with Gasteiger partial charge in [-0.05, 0) is 18.8 Å². The molecule has 1 aliphatic rings. The summed E-state index contributed by atoms with van der Waals surface area (Å²) in [6.07, 6.45) is 5.57. The number of methoxy groups -OCH3 is 1. The topological polar surface area (TPSA) is 29.5 Å². The van der Waals surface area contributed by atoms with E-state index >= 15 is 0 Å². The highest BCUT2D eigenvalue weighted by molar-refractivity contribution is 4.89. The molecule has 1 rings (SSSR count). The predicted octanol–water partition coefficient (Wildman–Crippen LogP) is 1.96. The van der Waals surface area contributed by atoms with Crippen LogP contribution in [0.25, 0.3) is 0 Å². The molecule has 1 fully saturated rings. The molecule has 0 spiro atoms. The summed E-state index contributed by atoms with van der Waals surface area (Å²) in [6, 6.07) is 0. The van der Waals surface area contributed by atoms with Crippen LogP contribution in [0.5, 0.6) is 0 Å². The van der Waals surface area contributed by atoms with Gasteiger partial charge in [-0.25, -0.2) is 0 Å². The molecule has 2 nitrogen and oxygen atoms in total. The third-order valence-corrected chi connectivity index (χ3v) is 3.06. The first-order valence-electron chi connectivity index (χ1n) is 4.94. The van der Waals surface area contributed by atoms with E-state index < -0.39 is 5.60 Å². The summed E-state index contributed by atoms with van der Waals surface area (Å²) in [6.45, 7) is 2.65. The van der Waals surface area contributed by atoms with Crippen molar-refractivity contribution in [2.75, 3.05) is 13.7 Å². The lowest BCUT2D eigenvalue weighted by molar-refractivity contribution is -0.0965. The first-order valence-corrected chi connectivity index (χ1v) is 4.94. The normalized spacial score (nSPS) is 36.8. The maximum atomic E-state index is 10.2. The van der Waals surface area contributed by atoms with Crippen LogP contribution < -0.4 is 0 Å². The number of aliphatic hydroxyl groups is 1. The molecule has 0 radical (unpaired) electrons. The van der Waals surface area contributed by atoms with Gasteiger partial charge in [0.05, 0.1) is 12.2 Å². The van der Waals surface area contributed by atoms with Crippen LogP contribution in [0, 0.1) is 5.92 Å². The van der Waals surface area contributed by atoms with Crippen molar-refractivity contribution in [3.8, 4) is 0 Å². The molecule has 0 aliphatic heterocycles. The zero-order valence-electron chi connectivity index (χ0n) is 8.18. The average Bonchev–Trinajstić information content (AvgIpc) is 2.05. The van der Waals surface area contributed by atoms with E-state index in [1.165, 1.54) is 6.42 Å². The van der Waals surface area contributed by atoms with Gasteiger partial charge in [0, 0.05) is 7.11 Å². The van der Waals surface area contributed by atoms with Gasteiger partial charge in [-0.1, -0.05) is 26.2 Å². The minimum atomic E-state index is -0.526. The fourth-order valence-electron chi connectivity index (χ4n) is 2.32. The van der Waals surface area contributed by atoms with Crippen LogP contribution in [0.2, 0.25) is 0 Å². The van der Waals surface area contributed by atoms with E-state index in [1.54, 1.807) is 7.11 Å². The smallest absolute Gasteiger partial charge is 0.0907 e. The van der Waals surface area contributed by atoms with E-state index in [0.717, 1.165) is 25.7 Å². The van der Waals surface area contributed by atoms with Crippen molar-refractivity contribution in [3.63, 3.8) is 0 Å². The molecule has 1 aliphatic carbocycles. The third-order valence-electron chi connectivity index (χ3n) is 3.06. The van der Waals surface area contributed by atoms with Gasteiger partial charge < -0.3 is 9.84 Å². The van der Waals surface area contributed by atoms with Gasteiger partial charge in [0.15, 0.2) is 0 Å². The molecule has 72 valence electrons. The first kappa shape index (κ1) is 10.0. The highest BCUT2D eigenvalue weighted by Gasteiger charge is 2.37. The second-order valence-electron chi connectivity index (χ2n) is 3.89. The molecule has 2 heteroatoms. The summed E-state index contributed by atoms with van der Waals surface area (Å²) in [5, 5.41) is 10.2. The van der Waals surface area contributed by atoms with E-state index in [-0.39, 0.29) is 0 Å². The fourth-order valence-corrected chi connectivity index (χ4v) is 2.32. The Hall–Kier alpha value is -0.0800. The zero-order chi connectivity index (χ0) is 9.03. The van der Waals surface area contributed by atoms with Crippen molar-refractivity contribution >= 4 is 0 Å². The Morgan fingerprint density at radius 1 is 1.50 bits per heavy atom. The van der Waals surface area contributed by atoms with E-state index in [2.05, 4.69) is 6.92 Å². The molecule has 0 bridgehead atoms. The number of hydrogen-bond donors (Lipinski definition) is 1. The Labute approximate surface area is 74.9 Å². The molecule has 0 amide bonds. The molecule has 0 aromatic rings. The molecule has 2 unspecified atom stereocenters. The van der Waals surface area contributed by atoms with Crippen LogP contribution in [0.4, 0.5) is 0 Å². The minimum absolute atomic E-state index is 0.450. The Kier molecular flexibility index (Phi) is 3.53. The van der Waals surface area contributed by atoms with E-state index in [4.69, 9.17) is 4.74 Å². The van der Waals surface area contributed by atoms with Crippen molar-refractivity contribution < 1.29 is 9.84 Å². The molecule has 12 heavy (non-hydrogen) atoms. The van der Waals surface area contributed by atoms with Crippen LogP contribution in [0.15, 0.2) is 0 Å². The minimum Gasteiger partial charge on any atom is -0.387 e. The van der Waals surface area contributed by atoms with E-state index in [1.807, 2.05) is 0 Å².